The molecular formula is C22H27N3O3. The van der Waals surface area contributed by atoms with E-state index in [1.165, 1.54) is 25.2 Å². The van der Waals surface area contributed by atoms with E-state index in [0.717, 1.165) is 13.0 Å². The summed E-state index contributed by atoms with van der Waals surface area (Å²) in [4.78, 5) is 28.3. The highest BCUT2D eigenvalue weighted by Gasteiger charge is 2.25. The molecule has 0 radical (unpaired) electrons. The smallest absolute Gasteiger partial charge is 0.321 e. The lowest BCUT2D eigenvalue weighted by atomic mass is 9.94. The molecule has 1 aliphatic heterocycles. The monoisotopic (exact) mass is 381 g/mol. The van der Waals surface area contributed by atoms with Gasteiger partial charge in [0.15, 0.2) is 5.78 Å². The molecule has 1 heterocycles. The molecule has 148 valence electrons. The van der Waals surface area contributed by atoms with Crippen LogP contribution in [-0.2, 0) is 13.0 Å². The number of ether oxygens (including phenoxy) is 1. The minimum Gasteiger partial charge on any atom is -0.495 e. The van der Waals surface area contributed by atoms with Gasteiger partial charge in [0.05, 0.1) is 12.8 Å². The quantitative estimate of drug-likeness (QED) is 0.806. The molecule has 0 spiro atoms. The number of methoxy groups -OCH3 is 1. The van der Waals surface area contributed by atoms with E-state index < -0.39 is 0 Å². The molecule has 0 unspecified atom stereocenters. The Morgan fingerprint density at radius 2 is 1.93 bits per heavy atom. The predicted molar refractivity (Wildman–Crippen MR) is 110 cm³/mol. The van der Waals surface area contributed by atoms with Crippen LogP contribution in [-0.4, -0.2) is 55.4 Å². The van der Waals surface area contributed by atoms with Gasteiger partial charge in [0, 0.05) is 31.7 Å². The van der Waals surface area contributed by atoms with Gasteiger partial charge in [0.1, 0.15) is 5.75 Å². The zero-order valence-corrected chi connectivity index (χ0v) is 16.9. The number of nitrogens with zero attached hydrogens (tertiary/aromatic N) is 2. The Bertz CT molecular complexity index is 881. The summed E-state index contributed by atoms with van der Waals surface area (Å²) in [6.07, 6.45) is 0.910. The number of benzene rings is 2. The molecule has 1 N–H and O–H groups in total. The topological polar surface area (TPSA) is 61.9 Å². The number of hydrogen-bond donors (Lipinski definition) is 1. The summed E-state index contributed by atoms with van der Waals surface area (Å²) < 4.78 is 5.31. The molecule has 6 heteroatoms. The molecule has 0 fully saturated rings. The van der Waals surface area contributed by atoms with Gasteiger partial charge in [0.25, 0.3) is 0 Å². The summed E-state index contributed by atoms with van der Waals surface area (Å²) in [6, 6.07) is 13.5. The number of fused-ring (bicyclic) bond motifs is 1. The van der Waals surface area contributed by atoms with Gasteiger partial charge in [-0.15, -0.1) is 0 Å². The fourth-order valence-electron chi connectivity index (χ4n) is 3.56. The zero-order valence-electron chi connectivity index (χ0n) is 16.9. The van der Waals surface area contributed by atoms with E-state index in [-0.39, 0.29) is 17.9 Å². The van der Waals surface area contributed by atoms with Crippen LogP contribution in [0.25, 0.3) is 0 Å². The van der Waals surface area contributed by atoms with Crippen LogP contribution in [0.3, 0.4) is 0 Å². The minimum absolute atomic E-state index is 0.0611. The molecule has 28 heavy (non-hydrogen) atoms. The number of likely N-dealkylation sites (N-methyl/N-ethyl adjacent to an activating group) is 2. The van der Waals surface area contributed by atoms with Gasteiger partial charge in [-0.2, -0.15) is 0 Å². The third-order valence-electron chi connectivity index (χ3n) is 5.30. The standard InChI is InChI=1S/C22H27N3O3/c1-15(26)16-9-10-21(28-4)20(12-16)23-22(27)25(3)14-19-11-17-7-5-6-8-18(17)13-24(19)2/h5-10,12,19H,11,13-14H2,1-4H3,(H,23,27)/t19-/m0/s1. The molecule has 3 rings (SSSR count). The summed E-state index contributed by atoms with van der Waals surface area (Å²) in [7, 11) is 5.41. The van der Waals surface area contributed by atoms with E-state index in [0.29, 0.717) is 23.5 Å². The van der Waals surface area contributed by atoms with Gasteiger partial charge >= 0.3 is 6.03 Å². The molecule has 1 atom stereocenters. The van der Waals surface area contributed by atoms with Crippen LogP contribution in [0.1, 0.15) is 28.4 Å². The van der Waals surface area contributed by atoms with Gasteiger partial charge < -0.3 is 15.0 Å². The SMILES string of the molecule is COc1ccc(C(C)=O)cc1NC(=O)N(C)C[C@@H]1Cc2ccccc2CN1C. The molecule has 0 aliphatic carbocycles. The zero-order chi connectivity index (χ0) is 20.3. The maximum absolute atomic E-state index is 12.7. The average Bonchev–Trinajstić information content (AvgIpc) is 2.68. The number of hydrogen-bond acceptors (Lipinski definition) is 4. The van der Waals surface area contributed by atoms with Crippen LogP contribution in [0.4, 0.5) is 10.5 Å². The lowest BCUT2D eigenvalue weighted by Gasteiger charge is -2.36. The number of nitrogens with one attached hydrogen (secondary N) is 1. The summed E-state index contributed by atoms with van der Waals surface area (Å²) in [5.74, 6) is 0.462. The number of Topliss-reactive ketones (excluding diaryl/α,β-unsaturated/α-hetero) is 1. The van der Waals surface area contributed by atoms with E-state index in [1.54, 1.807) is 30.1 Å². The second-order valence-corrected chi connectivity index (χ2v) is 7.32. The molecular weight excluding hydrogens is 354 g/mol. The molecule has 2 aromatic carbocycles. The van der Waals surface area contributed by atoms with E-state index in [4.69, 9.17) is 4.74 Å². The van der Waals surface area contributed by atoms with Gasteiger partial charge in [-0.1, -0.05) is 24.3 Å². The highest BCUT2D eigenvalue weighted by Crippen LogP contribution is 2.26. The predicted octanol–water partition coefficient (Wildman–Crippen LogP) is 3.42. The highest BCUT2D eigenvalue weighted by atomic mass is 16.5. The number of carbonyl (C=O) groups excluding carboxylic acids is 2. The largest absolute Gasteiger partial charge is 0.495 e. The number of ketones is 1. The lowest BCUT2D eigenvalue weighted by Crippen LogP contribution is -2.47. The van der Waals surface area contributed by atoms with E-state index in [2.05, 4.69) is 41.5 Å². The Hall–Kier alpha value is -2.86. The van der Waals surface area contributed by atoms with Crippen LogP contribution in [0.15, 0.2) is 42.5 Å². The molecule has 2 aromatic rings. The number of rotatable bonds is 5. The summed E-state index contributed by atoms with van der Waals surface area (Å²) in [5.41, 5.74) is 3.71. The van der Waals surface area contributed by atoms with Crippen LogP contribution < -0.4 is 10.1 Å². The summed E-state index contributed by atoms with van der Waals surface area (Å²) >= 11 is 0. The van der Waals surface area contributed by atoms with Crippen molar-refractivity contribution in [2.24, 2.45) is 0 Å². The third-order valence-corrected chi connectivity index (χ3v) is 5.30. The van der Waals surface area contributed by atoms with Crippen molar-refractivity contribution < 1.29 is 14.3 Å². The maximum atomic E-state index is 12.7. The first-order valence-electron chi connectivity index (χ1n) is 9.37. The van der Waals surface area contributed by atoms with Crippen molar-refractivity contribution in [3.05, 3.63) is 59.2 Å². The molecule has 0 saturated carbocycles. The van der Waals surface area contributed by atoms with Gasteiger partial charge in [-0.3, -0.25) is 9.69 Å². The lowest BCUT2D eigenvalue weighted by molar-refractivity contribution is 0.101. The Labute approximate surface area is 166 Å². The Kier molecular flexibility index (Phi) is 5.99. The highest BCUT2D eigenvalue weighted by molar-refractivity contribution is 5.97. The Morgan fingerprint density at radius 1 is 1.21 bits per heavy atom. The average molecular weight is 381 g/mol. The fourth-order valence-corrected chi connectivity index (χ4v) is 3.56. The maximum Gasteiger partial charge on any atom is 0.321 e. The van der Waals surface area contributed by atoms with Crippen molar-refractivity contribution in [1.29, 1.82) is 0 Å². The number of amides is 2. The van der Waals surface area contributed by atoms with Crippen molar-refractivity contribution in [3.63, 3.8) is 0 Å². The summed E-state index contributed by atoms with van der Waals surface area (Å²) in [6.45, 7) is 2.98. The molecule has 6 nitrogen and oxygen atoms in total. The van der Waals surface area contributed by atoms with Crippen LogP contribution >= 0.6 is 0 Å². The van der Waals surface area contributed by atoms with Crippen LogP contribution in [0.2, 0.25) is 0 Å². The molecule has 2 amide bonds. The first kappa shape index (κ1) is 19.9. The normalized spacial score (nSPS) is 16.2. The van der Waals surface area contributed by atoms with E-state index >= 15 is 0 Å². The summed E-state index contributed by atoms with van der Waals surface area (Å²) in [5, 5.41) is 2.87. The van der Waals surface area contributed by atoms with Gasteiger partial charge in [0.2, 0.25) is 0 Å². The fraction of sp³-hybridized carbons (Fsp3) is 0.364. The molecule has 0 bridgehead atoms. The number of carbonyl (C=O) groups is 2. The molecule has 1 aliphatic rings. The van der Waals surface area contributed by atoms with E-state index in [9.17, 15) is 9.59 Å². The second kappa shape index (κ2) is 8.44. The van der Waals surface area contributed by atoms with Crippen LogP contribution in [0, 0.1) is 0 Å². The number of urea groups is 1. The van der Waals surface area contributed by atoms with E-state index in [1.807, 2.05) is 0 Å². The van der Waals surface area contributed by atoms with Crippen molar-refractivity contribution in [2.75, 3.05) is 33.1 Å². The molecule has 0 aromatic heterocycles. The van der Waals surface area contributed by atoms with Crippen molar-refractivity contribution >= 4 is 17.5 Å². The van der Waals surface area contributed by atoms with Crippen LogP contribution in [0.5, 0.6) is 5.75 Å². The first-order chi connectivity index (χ1) is 13.4. The first-order valence-corrected chi connectivity index (χ1v) is 9.37. The second-order valence-electron chi connectivity index (χ2n) is 7.32. The Balaban J connectivity index is 1.68. The minimum atomic E-state index is -0.230. The van der Waals surface area contributed by atoms with Gasteiger partial charge in [-0.05, 0) is 49.7 Å². The number of anilines is 1. The van der Waals surface area contributed by atoms with Crippen molar-refractivity contribution in [1.82, 2.24) is 9.80 Å². The van der Waals surface area contributed by atoms with Crippen molar-refractivity contribution in [2.45, 2.75) is 25.9 Å². The Morgan fingerprint density at radius 3 is 2.61 bits per heavy atom. The third kappa shape index (κ3) is 4.34. The molecule has 0 saturated heterocycles. The van der Waals surface area contributed by atoms with Crippen molar-refractivity contribution in [3.8, 4) is 5.75 Å². The van der Waals surface area contributed by atoms with Gasteiger partial charge in [-0.25, -0.2) is 4.79 Å².